The van der Waals surface area contributed by atoms with Gasteiger partial charge in [-0.15, -0.1) is 0 Å². The first-order chi connectivity index (χ1) is 15.0. The van der Waals surface area contributed by atoms with Crippen LogP contribution < -0.4 is 4.90 Å². The Hall–Kier alpha value is -3.68. The summed E-state index contributed by atoms with van der Waals surface area (Å²) in [6.07, 6.45) is 2.52. The molecule has 0 bridgehead atoms. The van der Waals surface area contributed by atoms with Crippen LogP contribution in [0.1, 0.15) is 17.9 Å². The number of non-ortho nitro benzene ring substituents is 1. The monoisotopic (exact) mass is 420 g/mol. The van der Waals surface area contributed by atoms with E-state index in [1.807, 2.05) is 36.1 Å². The Bertz CT molecular complexity index is 1050. The molecule has 8 heteroatoms. The lowest BCUT2D eigenvalue weighted by molar-refractivity contribution is -0.384. The van der Waals surface area contributed by atoms with Gasteiger partial charge in [-0.2, -0.15) is 0 Å². The third-order valence-corrected chi connectivity index (χ3v) is 5.50. The molecule has 0 atom stereocenters. The van der Waals surface area contributed by atoms with Crippen molar-refractivity contribution >= 4 is 17.3 Å². The molecule has 1 saturated heterocycles. The average Bonchev–Trinajstić information content (AvgIpc) is 3.27. The number of aryl methyl sites for hydroxylation is 2. The quantitative estimate of drug-likeness (QED) is 0.444. The highest BCUT2D eigenvalue weighted by Gasteiger charge is 2.22. The van der Waals surface area contributed by atoms with Crippen LogP contribution in [0.5, 0.6) is 0 Å². The molecule has 8 nitrogen and oxygen atoms in total. The van der Waals surface area contributed by atoms with Crippen molar-refractivity contribution in [2.45, 2.75) is 19.8 Å². The minimum atomic E-state index is -0.405. The summed E-state index contributed by atoms with van der Waals surface area (Å²) in [4.78, 5) is 31.3. The van der Waals surface area contributed by atoms with Crippen LogP contribution in [0.4, 0.5) is 11.4 Å². The summed E-state index contributed by atoms with van der Waals surface area (Å²) >= 11 is 0. The smallest absolute Gasteiger partial charge is 0.269 e. The van der Waals surface area contributed by atoms with Gasteiger partial charge in [-0.25, -0.2) is 4.98 Å². The van der Waals surface area contributed by atoms with Crippen molar-refractivity contribution in [1.82, 2.24) is 9.88 Å². The largest absolute Gasteiger partial charge is 0.441 e. The fourth-order valence-electron chi connectivity index (χ4n) is 3.65. The molecule has 1 amide bonds. The number of nitrogens with zero attached hydrogens (tertiary/aromatic N) is 4. The van der Waals surface area contributed by atoms with E-state index >= 15 is 0 Å². The van der Waals surface area contributed by atoms with Crippen molar-refractivity contribution in [3.05, 3.63) is 76.3 Å². The highest BCUT2D eigenvalue weighted by molar-refractivity contribution is 5.76. The highest BCUT2D eigenvalue weighted by atomic mass is 16.6. The SMILES string of the molecule is Cc1ccc(-c2cnc(CCC(=O)N3CCN(c4ccc([N+](=O)[O-])cc4)CC3)o2)cc1. The number of carbonyl (C=O) groups is 1. The predicted molar refractivity (Wildman–Crippen MR) is 117 cm³/mol. The first-order valence-corrected chi connectivity index (χ1v) is 10.3. The molecule has 1 aromatic heterocycles. The standard InChI is InChI=1S/C23H24N4O4/c1-17-2-4-18(5-3-17)21-16-24-22(31-21)10-11-23(28)26-14-12-25(13-15-26)19-6-8-20(9-7-19)27(29)30/h2-9,16H,10-15H2,1H3. The molecular weight excluding hydrogens is 396 g/mol. The lowest BCUT2D eigenvalue weighted by Crippen LogP contribution is -2.48. The average molecular weight is 420 g/mol. The number of carbonyl (C=O) groups excluding carboxylic acids is 1. The Kier molecular flexibility index (Phi) is 5.97. The predicted octanol–water partition coefficient (Wildman–Crippen LogP) is 3.84. The fourth-order valence-corrected chi connectivity index (χ4v) is 3.65. The van der Waals surface area contributed by atoms with Gasteiger partial charge in [-0.3, -0.25) is 14.9 Å². The van der Waals surface area contributed by atoms with Gasteiger partial charge in [0.05, 0.1) is 11.1 Å². The van der Waals surface area contributed by atoms with Crippen molar-refractivity contribution in [2.75, 3.05) is 31.1 Å². The number of nitro groups is 1. The Labute approximate surface area is 180 Å². The minimum absolute atomic E-state index is 0.0784. The number of hydrogen-bond donors (Lipinski definition) is 0. The maximum atomic E-state index is 12.6. The molecule has 0 saturated carbocycles. The van der Waals surface area contributed by atoms with Crippen LogP contribution in [-0.2, 0) is 11.2 Å². The molecule has 1 aliphatic rings. The lowest BCUT2D eigenvalue weighted by Gasteiger charge is -2.36. The summed E-state index contributed by atoms with van der Waals surface area (Å²) in [6, 6.07) is 14.6. The third kappa shape index (κ3) is 4.91. The number of aromatic nitrogens is 1. The van der Waals surface area contributed by atoms with Gasteiger partial charge in [0, 0.05) is 62.4 Å². The Balaban J connectivity index is 1.27. The molecule has 4 rings (SSSR count). The van der Waals surface area contributed by atoms with Gasteiger partial charge in [0.15, 0.2) is 11.7 Å². The van der Waals surface area contributed by atoms with E-state index in [0.29, 0.717) is 50.7 Å². The van der Waals surface area contributed by atoms with Crippen molar-refractivity contribution in [3.8, 4) is 11.3 Å². The van der Waals surface area contributed by atoms with E-state index in [-0.39, 0.29) is 11.6 Å². The molecule has 2 aromatic carbocycles. The molecule has 0 spiro atoms. The Morgan fingerprint density at radius 2 is 1.74 bits per heavy atom. The van der Waals surface area contributed by atoms with E-state index in [9.17, 15) is 14.9 Å². The molecule has 0 aliphatic carbocycles. The minimum Gasteiger partial charge on any atom is -0.441 e. The summed E-state index contributed by atoms with van der Waals surface area (Å²) in [5.41, 5.74) is 3.16. The number of anilines is 1. The van der Waals surface area contributed by atoms with Crippen LogP contribution in [0.15, 0.2) is 59.1 Å². The number of oxazole rings is 1. The van der Waals surface area contributed by atoms with Gasteiger partial charge in [0.25, 0.3) is 5.69 Å². The maximum Gasteiger partial charge on any atom is 0.269 e. The first kappa shape index (κ1) is 20.6. The van der Waals surface area contributed by atoms with E-state index in [1.165, 1.54) is 17.7 Å². The third-order valence-electron chi connectivity index (χ3n) is 5.50. The molecule has 1 fully saturated rings. The summed E-state index contributed by atoms with van der Waals surface area (Å²) < 4.78 is 5.81. The van der Waals surface area contributed by atoms with Gasteiger partial charge in [0.2, 0.25) is 5.91 Å². The maximum absolute atomic E-state index is 12.6. The molecule has 2 heterocycles. The number of nitro benzene ring substituents is 1. The summed E-state index contributed by atoms with van der Waals surface area (Å²) in [5, 5.41) is 10.8. The van der Waals surface area contributed by atoms with Gasteiger partial charge in [-0.1, -0.05) is 29.8 Å². The van der Waals surface area contributed by atoms with Crippen molar-refractivity contribution in [3.63, 3.8) is 0 Å². The first-order valence-electron chi connectivity index (χ1n) is 10.3. The molecule has 3 aromatic rings. The van der Waals surface area contributed by atoms with E-state index in [4.69, 9.17) is 4.42 Å². The second-order valence-corrected chi connectivity index (χ2v) is 7.63. The van der Waals surface area contributed by atoms with Crippen LogP contribution in [0.2, 0.25) is 0 Å². The zero-order valence-corrected chi connectivity index (χ0v) is 17.4. The van der Waals surface area contributed by atoms with Gasteiger partial charge in [-0.05, 0) is 19.1 Å². The van der Waals surface area contributed by atoms with Crippen LogP contribution >= 0.6 is 0 Å². The summed E-state index contributed by atoms with van der Waals surface area (Å²) in [7, 11) is 0. The van der Waals surface area contributed by atoms with Crippen molar-refractivity contribution < 1.29 is 14.1 Å². The molecular formula is C23H24N4O4. The number of amides is 1. The molecule has 31 heavy (non-hydrogen) atoms. The van der Waals surface area contributed by atoms with E-state index in [1.54, 1.807) is 18.3 Å². The van der Waals surface area contributed by atoms with E-state index in [0.717, 1.165) is 11.3 Å². The Morgan fingerprint density at radius 3 is 2.39 bits per heavy atom. The molecule has 0 radical (unpaired) electrons. The molecule has 0 unspecified atom stereocenters. The van der Waals surface area contributed by atoms with Crippen LogP contribution in [0.25, 0.3) is 11.3 Å². The molecule has 1 aliphatic heterocycles. The highest BCUT2D eigenvalue weighted by Crippen LogP contribution is 2.23. The number of hydrogen-bond acceptors (Lipinski definition) is 6. The van der Waals surface area contributed by atoms with Gasteiger partial charge >= 0.3 is 0 Å². The van der Waals surface area contributed by atoms with Gasteiger partial charge in [0.1, 0.15) is 0 Å². The van der Waals surface area contributed by atoms with Crippen LogP contribution in [0, 0.1) is 17.0 Å². The number of rotatable bonds is 6. The van der Waals surface area contributed by atoms with Crippen molar-refractivity contribution in [2.24, 2.45) is 0 Å². The summed E-state index contributed by atoms with van der Waals surface area (Å²) in [5.74, 6) is 1.35. The molecule has 0 N–H and O–H groups in total. The zero-order valence-electron chi connectivity index (χ0n) is 17.4. The van der Waals surface area contributed by atoms with Crippen molar-refractivity contribution in [1.29, 1.82) is 0 Å². The number of benzene rings is 2. The van der Waals surface area contributed by atoms with Crippen LogP contribution in [0.3, 0.4) is 0 Å². The Morgan fingerprint density at radius 1 is 1.06 bits per heavy atom. The topological polar surface area (TPSA) is 92.7 Å². The van der Waals surface area contributed by atoms with Crippen LogP contribution in [-0.4, -0.2) is 46.9 Å². The van der Waals surface area contributed by atoms with Gasteiger partial charge < -0.3 is 14.2 Å². The number of piperazine rings is 1. The molecule has 160 valence electrons. The zero-order chi connectivity index (χ0) is 21.8. The lowest BCUT2D eigenvalue weighted by atomic mass is 10.1. The summed E-state index contributed by atoms with van der Waals surface area (Å²) in [6.45, 7) is 4.67. The second-order valence-electron chi connectivity index (χ2n) is 7.63. The van der Waals surface area contributed by atoms with E-state index in [2.05, 4.69) is 9.88 Å². The normalized spacial score (nSPS) is 14.0. The second kappa shape index (κ2) is 8.99. The van der Waals surface area contributed by atoms with E-state index < -0.39 is 4.92 Å². The fraction of sp³-hybridized carbons (Fsp3) is 0.304.